The fourth-order valence-electron chi connectivity index (χ4n) is 4.92. The number of carbonyl (C=O) groups excluding carboxylic acids is 1. The molecule has 5 rings (SSSR count). The number of carboxylic acid groups (broad SMARTS) is 1. The second kappa shape index (κ2) is 14.8. The fraction of sp³-hybridized carbons (Fsp3) is 0.265. The van der Waals surface area contributed by atoms with Crippen LogP contribution in [0.4, 0.5) is 5.69 Å². The molecule has 1 aliphatic heterocycles. The van der Waals surface area contributed by atoms with Crippen LogP contribution in [0.1, 0.15) is 40.3 Å². The Balaban J connectivity index is 1.15. The lowest BCUT2D eigenvalue weighted by atomic mass is 10.1. The number of piperazine rings is 1. The number of nitrogens with one attached hydrogen (secondary N) is 1. The number of anilines is 1. The molecule has 1 atom stereocenters. The molecule has 4 aromatic rings. The van der Waals surface area contributed by atoms with Crippen molar-refractivity contribution in [3.63, 3.8) is 0 Å². The van der Waals surface area contributed by atoms with E-state index in [0.717, 1.165) is 28.1 Å². The van der Waals surface area contributed by atoms with Gasteiger partial charge in [-0.2, -0.15) is 17.4 Å². The fourth-order valence-corrected chi connectivity index (χ4v) is 7.08. The summed E-state index contributed by atoms with van der Waals surface area (Å²) in [5.74, 6) is 4.95. The average molecular weight is 674 g/mol. The van der Waals surface area contributed by atoms with Crippen LogP contribution in [0, 0.1) is 17.8 Å². The second-order valence-electron chi connectivity index (χ2n) is 11.3. The van der Waals surface area contributed by atoms with Crippen molar-refractivity contribution < 1.29 is 27.9 Å². The molecule has 0 spiro atoms. The highest BCUT2D eigenvalue weighted by Gasteiger charge is 2.33. The molecule has 1 aromatic heterocycles. The van der Waals surface area contributed by atoms with Gasteiger partial charge in [0.05, 0.1) is 5.69 Å². The minimum atomic E-state index is -3.92. The van der Waals surface area contributed by atoms with Crippen LogP contribution in [-0.4, -0.2) is 66.9 Å². The highest BCUT2D eigenvalue weighted by atomic mass is 32.2. The van der Waals surface area contributed by atoms with Crippen molar-refractivity contribution >= 4 is 39.1 Å². The van der Waals surface area contributed by atoms with Crippen LogP contribution in [0.5, 0.6) is 5.75 Å². The zero-order valence-corrected chi connectivity index (χ0v) is 27.6. The Kier molecular flexibility index (Phi) is 10.6. The molecule has 47 heavy (non-hydrogen) atoms. The number of amides is 1. The van der Waals surface area contributed by atoms with Crippen molar-refractivity contribution in [1.29, 1.82) is 0 Å². The molecule has 11 nitrogen and oxygen atoms in total. The van der Waals surface area contributed by atoms with Gasteiger partial charge in [0.15, 0.2) is 5.01 Å². The molecule has 244 valence electrons. The number of nitrogens with zero attached hydrogens (tertiary/aromatic N) is 3. The van der Waals surface area contributed by atoms with Crippen molar-refractivity contribution in [3.8, 4) is 28.8 Å². The van der Waals surface area contributed by atoms with E-state index in [1.807, 2.05) is 66.0 Å². The number of aliphatic carboxylic acids is 1. The summed E-state index contributed by atoms with van der Waals surface area (Å²) in [6, 6.07) is 21.2. The molecule has 2 heterocycles. The summed E-state index contributed by atoms with van der Waals surface area (Å²) < 4.78 is 35.1. The predicted octanol–water partition coefficient (Wildman–Crippen LogP) is 3.95. The lowest BCUT2D eigenvalue weighted by molar-refractivity contribution is -0.140. The first kappa shape index (κ1) is 33.6. The summed E-state index contributed by atoms with van der Waals surface area (Å²) in [6.07, 6.45) is 0. The van der Waals surface area contributed by atoms with Crippen LogP contribution in [-0.2, 0) is 21.6 Å². The van der Waals surface area contributed by atoms with Crippen molar-refractivity contribution in [2.45, 2.75) is 26.5 Å². The monoisotopic (exact) mass is 673 g/mol. The van der Waals surface area contributed by atoms with Gasteiger partial charge in [-0.3, -0.25) is 9.59 Å². The van der Waals surface area contributed by atoms with Crippen LogP contribution in [0.25, 0.3) is 11.3 Å². The molecule has 0 unspecified atom stereocenters. The molecule has 0 saturated carbocycles. The maximum absolute atomic E-state index is 12.8. The number of carbonyl (C=O) groups is 2. The third kappa shape index (κ3) is 8.75. The van der Waals surface area contributed by atoms with E-state index >= 15 is 0 Å². The Hall–Kier alpha value is -4.74. The molecule has 4 N–H and O–H groups in total. The minimum absolute atomic E-state index is 0.245. The Morgan fingerprint density at radius 1 is 1.02 bits per heavy atom. The molecule has 13 heteroatoms. The topological polar surface area (TPSA) is 155 Å². The first-order valence-corrected chi connectivity index (χ1v) is 17.3. The standard InChI is InChI=1S/C34H35N5O6S2/c1-23(2)32(34(41)42)37-47(43,44)39-18-16-38(17-19-39)28-13-8-24(9-14-28)10-15-31-36-30(22-46-31)27-4-3-5-29(20-27)45-21-25-6-11-26(12-7-25)33(35)40/h3-9,11-14,20,22-23,32,37H,16-19,21H2,1-2H3,(H2,35,40)(H,41,42)/t32-/m1/s1. The van der Waals surface area contributed by atoms with Crippen molar-refractivity contribution in [2.24, 2.45) is 11.7 Å². The molecule has 0 bridgehead atoms. The first-order chi connectivity index (χ1) is 22.5. The van der Waals surface area contributed by atoms with Crippen molar-refractivity contribution in [3.05, 3.63) is 99.9 Å². The van der Waals surface area contributed by atoms with Gasteiger partial charge in [-0.25, -0.2) is 4.98 Å². The maximum Gasteiger partial charge on any atom is 0.322 e. The number of hydrogen-bond donors (Lipinski definition) is 3. The Morgan fingerprint density at radius 3 is 2.36 bits per heavy atom. The summed E-state index contributed by atoms with van der Waals surface area (Å²) in [4.78, 5) is 29.5. The summed E-state index contributed by atoms with van der Waals surface area (Å²) >= 11 is 1.45. The molecule has 1 fully saturated rings. The zero-order chi connectivity index (χ0) is 33.6. The molecule has 1 saturated heterocycles. The van der Waals surface area contributed by atoms with Crippen LogP contribution < -0.4 is 20.1 Å². The van der Waals surface area contributed by atoms with E-state index in [2.05, 4.69) is 26.4 Å². The van der Waals surface area contributed by atoms with Gasteiger partial charge in [-0.05, 0) is 65.9 Å². The molecule has 1 amide bonds. The number of rotatable bonds is 11. The normalized spacial score (nSPS) is 14.3. The van der Waals surface area contributed by atoms with E-state index in [1.165, 1.54) is 15.6 Å². The maximum atomic E-state index is 12.8. The molecule has 0 radical (unpaired) electrons. The highest BCUT2D eigenvalue weighted by Crippen LogP contribution is 2.26. The van der Waals surface area contributed by atoms with E-state index in [0.29, 0.717) is 36.0 Å². The lowest BCUT2D eigenvalue weighted by Crippen LogP contribution is -2.55. The second-order valence-corrected chi connectivity index (χ2v) is 13.8. The van der Waals surface area contributed by atoms with E-state index in [4.69, 9.17) is 10.5 Å². The van der Waals surface area contributed by atoms with E-state index < -0.39 is 28.1 Å². The smallest absolute Gasteiger partial charge is 0.322 e. The SMILES string of the molecule is CC(C)[C@@H](NS(=O)(=O)N1CCN(c2ccc(C#Cc3nc(-c4cccc(OCc5ccc(C(N)=O)cc5)c4)cs3)cc2)CC1)C(=O)O. The minimum Gasteiger partial charge on any atom is -0.489 e. The number of hydrogen-bond acceptors (Lipinski definition) is 8. The summed E-state index contributed by atoms with van der Waals surface area (Å²) in [6.45, 7) is 5.12. The summed E-state index contributed by atoms with van der Waals surface area (Å²) in [5.41, 5.74) is 10.1. The molecule has 0 aliphatic carbocycles. The molecule has 3 aromatic carbocycles. The van der Waals surface area contributed by atoms with Gasteiger partial charge in [-0.15, -0.1) is 11.3 Å². The lowest BCUT2D eigenvalue weighted by Gasteiger charge is -2.36. The van der Waals surface area contributed by atoms with E-state index in [1.54, 1.807) is 26.0 Å². The average Bonchev–Trinajstić information content (AvgIpc) is 3.55. The molecular formula is C34H35N5O6S2. The van der Waals surface area contributed by atoms with Gasteiger partial charge in [0.2, 0.25) is 5.91 Å². The van der Waals surface area contributed by atoms with Gasteiger partial charge in [-0.1, -0.05) is 44.0 Å². The third-order valence-corrected chi connectivity index (χ3v) is 9.97. The van der Waals surface area contributed by atoms with Gasteiger partial charge in [0.1, 0.15) is 18.4 Å². The highest BCUT2D eigenvalue weighted by molar-refractivity contribution is 7.87. The van der Waals surface area contributed by atoms with Gasteiger partial charge >= 0.3 is 5.97 Å². The Morgan fingerprint density at radius 2 is 1.72 bits per heavy atom. The number of nitrogens with two attached hydrogens (primary N) is 1. The third-order valence-electron chi connectivity index (χ3n) is 7.61. The van der Waals surface area contributed by atoms with E-state index in [-0.39, 0.29) is 19.0 Å². The van der Waals surface area contributed by atoms with Crippen LogP contribution in [0.3, 0.4) is 0 Å². The Bertz CT molecular complexity index is 1890. The number of aromatic nitrogens is 1. The van der Waals surface area contributed by atoms with Crippen molar-refractivity contribution in [2.75, 3.05) is 31.1 Å². The molecular weight excluding hydrogens is 639 g/mol. The van der Waals surface area contributed by atoms with Gasteiger partial charge in [0.25, 0.3) is 10.2 Å². The number of carboxylic acids is 1. The largest absolute Gasteiger partial charge is 0.489 e. The number of benzene rings is 3. The van der Waals surface area contributed by atoms with Crippen LogP contribution in [0.15, 0.2) is 78.2 Å². The number of primary amides is 1. The molecule has 1 aliphatic rings. The van der Waals surface area contributed by atoms with E-state index in [9.17, 15) is 23.1 Å². The van der Waals surface area contributed by atoms with Gasteiger partial charge < -0.3 is 20.5 Å². The predicted molar refractivity (Wildman–Crippen MR) is 181 cm³/mol. The van der Waals surface area contributed by atoms with Crippen molar-refractivity contribution in [1.82, 2.24) is 14.0 Å². The summed E-state index contributed by atoms with van der Waals surface area (Å²) in [5, 5.41) is 12.0. The van der Waals surface area contributed by atoms with Crippen LogP contribution >= 0.6 is 11.3 Å². The summed E-state index contributed by atoms with van der Waals surface area (Å²) in [7, 11) is -3.92. The van der Waals surface area contributed by atoms with Gasteiger partial charge in [0, 0.05) is 53.9 Å². The van der Waals surface area contributed by atoms with Crippen LogP contribution in [0.2, 0.25) is 0 Å². The Labute approximate surface area is 278 Å². The zero-order valence-electron chi connectivity index (χ0n) is 25.9. The number of thiazole rings is 1. The number of ether oxygens (including phenoxy) is 1. The first-order valence-electron chi connectivity index (χ1n) is 14.9. The quantitative estimate of drug-likeness (QED) is 0.202.